The zero-order valence-corrected chi connectivity index (χ0v) is 21.6. The lowest BCUT2D eigenvalue weighted by Crippen LogP contribution is -2.37. The first-order valence-corrected chi connectivity index (χ1v) is 11.1. The Morgan fingerprint density at radius 1 is 1.19 bits per heavy atom. The molecule has 1 unspecified atom stereocenters. The Balaban J connectivity index is 0.00000363. The molecule has 7 nitrogen and oxygen atoms in total. The molecule has 2 aromatic rings. The van der Waals surface area contributed by atoms with Crippen LogP contribution in [-0.2, 0) is 17.8 Å². The van der Waals surface area contributed by atoms with Gasteiger partial charge in [-0.1, -0.05) is 18.2 Å². The van der Waals surface area contributed by atoms with Crippen molar-refractivity contribution in [3.05, 3.63) is 53.2 Å². The van der Waals surface area contributed by atoms with Gasteiger partial charge in [0.05, 0.1) is 26.4 Å². The minimum Gasteiger partial charge on any atom is -0.493 e. The fourth-order valence-corrected chi connectivity index (χ4v) is 3.36. The Bertz CT molecular complexity index is 857. The van der Waals surface area contributed by atoms with Crippen LogP contribution in [0.25, 0.3) is 0 Å². The summed E-state index contributed by atoms with van der Waals surface area (Å²) in [5, 5.41) is 6.72. The zero-order chi connectivity index (χ0) is 21.9. The Morgan fingerprint density at radius 3 is 2.81 bits per heavy atom. The molecule has 1 atom stereocenters. The van der Waals surface area contributed by atoms with E-state index in [4.69, 9.17) is 19.2 Å². The van der Waals surface area contributed by atoms with Crippen LogP contribution in [0.3, 0.4) is 0 Å². The number of aliphatic imine (C=N–C) groups is 1. The predicted molar refractivity (Wildman–Crippen MR) is 138 cm³/mol. The summed E-state index contributed by atoms with van der Waals surface area (Å²) in [6, 6.07) is 10.2. The highest BCUT2D eigenvalue weighted by atomic mass is 127. The van der Waals surface area contributed by atoms with Gasteiger partial charge in [0, 0.05) is 42.9 Å². The van der Waals surface area contributed by atoms with Crippen molar-refractivity contribution in [2.75, 3.05) is 33.0 Å². The molecule has 0 spiro atoms. The van der Waals surface area contributed by atoms with E-state index in [0.29, 0.717) is 38.1 Å². The van der Waals surface area contributed by atoms with Crippen LogP contribution in [0.5, 0.6) is 11.6 Å². The minimum absolute atomic E-state index is 0. The van der Waals surface area contributed by atoms with Crippen LogP contribution in [0.15, 0.2) is 41.5 Å². The highest BCUT2D eigenvalue weighted by Gasteiger charge is 2.17. The lowest BCUT2D eigenvalue weighted by Gasteiger charge is -2.17. The maximum atomic E-state index is 6.16. The van der Waals surface area contributed by atoms with Crippen LogP contribution in [0.2, 0.25) is 0 Å². The second-order valence-corrected chi connectivity index (χ2v) is 7.60. The summed E-state index contributed by atoms with van der Waals surface area (Å²) in [7, 11) is 0. The fourth-order valence-electron chi connectivity index (χ4n) is 3.36. The number of pyridine rings is 1. The first-order valence-electron chi connectivity index (χ1n) is 11.1. The lowest BCUT2D eigenvalue weighted by atomic mass is 10.1. The number of aryl methyl sites for hydroxylation is 1. The van der Waals surface area contributed by atoms with Crippen molar-refractivity contribution in [2.45, 2.75) is 40.3 Å². The monoisotopic (exact) mass is 554 g/mol. The smallest absolute Gasteiger partial charge is 0.218 e. The van der Waals surface area contributed by atoms with Crippen LogP contribution < -0.4 is 20.1 Å². The van der Waals surface area contributed by atoms with Crippen molar-refractivity contribution in [3.8, 4) is 11.6 Å². The Kier molecular flexibility index (Phi) is 11.6. The molecule has 0 amide bonds. The zero-order valence-electron chi connectivity index (χ0n) is 19.2. The van der Waals surface area contributed by atoms with E-state index in [-0.39, 0.29) is 24.0 Å². The molecule has 1 fully saturated rings. The summed E-state index contributed by atoms with van der Waals surface area (Å²) in [6.45, 7) is 10.8. The predicted octanol–water partition coefficient (Wildman–Crippen LogP) is 4.08. The third-order valence-electron chi connectivity index (χ3n) is 5.05. The quantitative estimate of drug-likeness (QED) is 0.262. The van der Waals surface area contributed by atoms with Gasteiger partial charge in [0.2, 0.25) is 5.88 Å². The van der Waals surface area contributed by atoms with E-state index in [1.807, 2.05) is 19.1 Å². The topological polar surface area (TPSA) is 77.0 Å². The van der Waals surface area contributed by atoms with E-state index < -0.39 is 0 Å². The number of benzene rings is 1. The molecule has 32 heavy (non-hydrogen) atoms. The van der Waals surface area contributed by atoms with E-state index in [0.717, 1.165) is 49.0 Å². The van der Waals surface area contributed by atoms with E-state index in [9.17, 15) is 0 Å². The van der Waals surface area contributed by atoms with Gasteiger partial charge in [0.15, 0.2) is 5.96 Å². The molecule has 8 heteroatoms. The number of nitrogens with zero attached hydrogens (tertiary/aromatic N) is 2. The molecule has 0 saturated carbocycles. The van der Waals surface area contributed by atoms with Crippen molar-refractivity contribution in [1.29, 1.82) is 0 Å². The van der Waals surface area contributed by atoms with Crippen LogP contribution in [-0.4, -0.2) is 43.9 Å². The second kappa shape index (κ2) is 14.2. The molecule has 1 aromatic carbocycles. The number of hydrogen-bond donors (Lipinski definition) is 2. The number of halogens is 1. The van der Waals surface area contributed by atoms with E-state index in [2.05, 4.69) is 47.7 Å². The number of guanidine groups is 1. The fraction of sp³-hybridized carbons (Fsp3) is 0.500. The second-order valence-electron chi connectivity index (χ2n) is 7.60. The summed E-state index contributed by atoms with van der Waals surface area (Å²) in [5.41, 5.74) is 3.24. The average molecular weight is 554 g/mol. The van der Waals surface area contributed by atoms with Crippen LogP contribution in [0.1, 0.15) is 37.0 Å². The maximum absolute atomic E-state index is 6.16. The van der Waals surface area contributed by atoms with Crippen molar-refractivity contribution in [3.63, 3.8) is 0 Å². The summed E-state index contributed by atoms with van der Waals surface area (Å²) in [5.74, 6) is 2.76. The van der Waals surface area contributed by atoms with Gasteiger partial charge in [-0.3, -0.25) is 0 Å². The summed E-state index contributed by atoms with van der Waals surface area (Å²) in [6.07, 6.45) is 2.80. The Hall–Kier alpha value is -2.07. The maximum Gasteiger partial charge on any atom is 0.218 e. The van der Waals surface area contributed by atoms with E-state index in [1.165, 1.54) is 5.56 Å². The normalized spacial score (nSPS) is 15.7. The molecule has 3 rings (SSSR count). The van der Waals surface area contributed by atoms with Gasteiger partial charge in [-0.25, -0.2) is 9.98 Å². The molecule has 2 heterocycles. The van der Waals surface area contributed by atoms with E-state index in [1.54, 1.807) is 6.20 Å². The number of rotatable bonds is 10. The lowest BCUT2D eigenvalue weighted by molar-refractivity contribution is 0.166. The molecule has 2 N–H and O–H groups in total. The van der Waals surface area contributed by atoms with Gasteiger partial charge >= 0.3 is 0 Å². The van der Waals surface area contributed by atoms with E-state index >= 15 is 0 Å². The van der Waals surface area contributed by atoms with Crippen LogP contribution in [0, 0.1) is 12.8 Å². The van der Waals surface area contributed by atoms with Gasteiger partial charge in [-0.2, -0.15) is 0 Å². The SMILES string of the molecule is CCNC(=NCc1cccnc1OCC)NCc1ccc(C)cc1OCC1CCOC1.I. The highest BCUT2D eigenvalue weighted by Crippen LogP contribution is 2.23. The number of ether oxygens (including phenoxy) is 3. The summed E-state index contributed by atoms with van der Waals surface area (Å²) in [4.78, 5) is 9.02. The van der Waals surface area contributed by atoms with Gasteiger partial charge in [-0.15, -0.1) is 24.0 Å². The minimum atomic E-state index is 0. The molecule has 1 aliphatic rings. The van der Waals surface area contributed by atoms with Gasteiger partial charge in [0.25, 0.3) is 0 Å². The highest BCUT2D eigenvalue weighted by molar-refractivity contribution is 14.0. The summed E-state index contributed by atoms with van der Waals surface area (Å²) < 4.78 is 17.2. The Labute approximate surface area is 208 Å². The van der Waals surface area contributed by atoms with Crippen molar-refractivity contribution < 1.29 is 14.2 Å². The van der Waals surface area contributed by atoms with Crippen molar-refractivity contribution in [1.82, 2.24) is 15.6 Å². The average Bonchev–Trinajstić information content (AvgIpc) is 3.30. The van der Waals surface area contributed by atoms with Gasteiger partial charge in [0.1, 0.15) is 5.75 Å². The summed E-state index contributed by atoms with van der Waals surface area (Å²) >= 11 is 0. The molecule has 1 aromatic heterocycles. The molecule has 0 aliphatic carbocycles. The van der Waals surface area contributed by atoms with Gasteiger partial charge in [-0.05, 0) is 44.9 Å². The molecule has 0 radical (unpaired) electrons. The third-order valence-corrected chi connectivity index (χ3v) is 5.05. The largest absolute Gasteiger partial charge is 0.493 e. The molecular formula is C24H35IN4O3. The molecule has 0 bridgehead atoms. The number of hydrogen-bond acceptors (Lipinski definition) is 5. The third kappa shape index (κ3) is 8.12. The van der Waals surface area contributed by atoms with Crippen molar-refractivity contribution in [2.24, 2.45) is 10.9 Å². The number of aromatic nitrogens is 1. The molecule has 1 saturated heterocycles. The first-order chi connectivity index (χ1) is 15.2. The standard InChI is InChI=1S/C24H34N4O3.HI/c1-4-25-24(28-15-21-7-6-11-26-23(21)30-5-2)27-14-20-9-8-18(3)13-22(20)31-17-19-10-12-29-16-19;/h6-9,11,13,19H,4-5,10,12,14-17H2,1-3H3,(H2,25,27,28);1H. The van der Waals surface area contributed by atoms with Crippen LogP contribution >= 0.6 is 24.0 Å². The number of nitrogens with one attached hydrogen (secondary N) is 2. The first kappa shape index (κ1) is 26.2. The van der Waals surface area contributed by atoms with Gasteiger partial charge < -0.3 is 24.8 Å². The molecule has 176 valence electrons. The van der Waals surface area contributed by atoms with Crippen LogP contribution in [0.4, 0.5) is 0 Å². The van der Waals surface area contributed by atoms with Crippen molar-refractivity contribution >= 4 is 29.9 Å². The molecular weight excluding hydrogens is 519 g/mol. The Morgan fingerprint density at radius 2 is 2.06 bits per heavy atom. The molecule has 1 aliphatic heterocycles.